The van der Waals surface area contributed by atoms with Gasteiger partial charge in [-0.1, -0.05) is 36.4 Å². The van der Waals surface area contributed by atoms with Gasteiger partial charge in [0.25, 0.3) is 5.91 Å². The monoisotopic (exact) mass is 384 g/mol. The van der Waals surface area contributed by atoms with Crippen molar-refractivity contribution >= 4 is 15.9 Å². The zero-order valence-corrected chi connectivity index (χ0v) is 15.6. The molecule has 1 amide bonds. The van der Waals surface area contributed by atoms with Crippen LogP contribution in [0.5, 0.6) is 0 Å². The Labute approximate surface area is 158 Å². The van der Waals surface area contributed by atoms with E-state index in [9.17, 15) is 13.2 Å². The number of carbonyl (C=O) groups is 1. The van der Waals surface area contributed by atoms with Crippen molar-refractivity contribution in [1.82, 2.24) is 9.62 Å². The van der Waals surface area contributed by atoms with E-state index in [0.717, 1.165) is 5.56 Å². The van der Waals surface area contributed by atoms with E-state index >= 15 is 0 Å². The zero-order valence-electron chi connectivity index (χ0n) is 14.8. The number of sulfonamides is 1. The molecule has 0 aliphatic heterocycles. The van der Waals surface area contributed by atoms with Crippen LogP contribution < -0.4 is 4.72 Å². The lowest BCUT2D eigenvalue weighted by Crippen LogP contribution is -2.27. The van der Waals surface area contributed by atoms with Gasteiger partial charge in [0.05, 0.1) is 17.7 Å². The van der Waals surface area contributed by atoms with Gasteiger partial charge in [-0.25, -0.2) is 13.1 Å². The van der Waals surface area contributed by atoms with Gasteiger partial charge in [-0.2, -0.15) is 0 Å². The van der Waals surface area contributed by atoms with Gasteiger partial charge in [-0.05, 0) is 35.9 Å². The van der Waals surface area contributed by atoms with Crippen LogP contribution >= 0.6 is 0 Å². The van der Waals surface area contributed by atoms with E-state index in [1.807, 2.05) is 30.3 Å². The van der Waals surface area contributed by atoms with Crippen molar-refractivity contribution in [3.05, 3.63) is 89.9 Å². The summed E-state index contributed by atoms with van der Waals surface area (Å²) in [4.78, 5) is 14.1. The van der Waals surface area contributed by atoms with Crippen molar-refractivity contribution in [2.45, 2.75) is 18.0 Å². The fourth-order valence-corrected chi connectivity index (χ4v) is 3.65. The smallest absolute Gasteiger partial charge is 0.254 e. The minimum absolute atomic E-state index is 0.0516. The molecule has 0 atom stereocenters. The molecule has 0 fully saturated rings. The topological polar surface area (TPSA) is 79.6 Å². The maximum absolute atomic E-state index is 12.6. The molecule has 6 nitrogen and oxygen atoms in total. The van der Waals surface area contributed by atoms with Crippen LogP contribution in [0.3, 0.4) is 0 Å². The largest absolute Gasteiger partial charge is 0.467 e. The molecule has 27 heavy (non-hydrogen) atoms. The standard InChI is InChI=1S/C20H20N2O4S/c1-22(15-18-10-6-12-26-18)20(23)17-9-5-11-19(13-17)27(24,25)21-14-16-7-3-2-4-8-16/h2-13,21H,14-15H2,1H3. The SMILES string of the molecule is CN(Cc1ccco1)C(=O)c1cccc(S(=O)(=O)NCc2ccccc2)c1. The number of carbonyl (C=O) groups excluding carboxylic acids is 1. The van der Waals surface area contributed by atoms with Gasteiger partial charge < -0.3 is 9.32 Å². The summed E-state index contributed by atoms with van der Waals surface area (Å²) in [6.07, 6.45) is 1.54. The molecular weight excluding hydrogens is 364 g/mol. The Hall–Kier alpha value is -2.90. The van der Waals surface area contributed by atoms with Gasteiger partial charge in [-0.3, -0.25) is 4.79 Å². The molecule has 1 aromatic heterocycles. The Morgan fingerprint density at radius 3 is 2.52 bits per heavy atom. The van der Waals surface area contributed by atoms with Crippen LogP contribution in [0.2, 0.25) is 0 Å². The van der Waals surface area contributed by atoms with Crippen LogP contribution in [0, 0.1) is 0 Å². The Morgan fingerprint density at radius 2 is 1.81 bits per heavy atom. The predicted octanol–water partition coefficient (Wildman–Crippen LogP) is 3.03. The number of nitrogens with one attached hydrogen (secondary N) is 1. The molecule has 0 saturated heterocycles. The van der Waals surface area contributed by atoms with Gasteiger partial charge in [0.1, 0.15) is 5.76 Å². The fourth-order valence-electron chi connectivity index (χ4n) is 2.58. The summed E-state index contributed by atoms with van der Waals surface area (Å²) >= 11 is 0. The normalized spacial score (nSPS) is 11.3. The highest BCUT2D eigenvalue weighted by atomic mass is 32.2. The highest BCUT2D eigenvalue weighted by molar-refractivity contribution is 7.89. The Bertz CT molecular complexity index is 999. The van der Waals surface area contributed by atoms with E-state index < -0.39 is 10.0 Å². The van der Waals surface area contributed by atoms with Crippen LogP contribution in [0.4, 0.5) is 0 Å². The lowest BCUT2D eigenvalue weighted by Gasteiger charge is -2.16. The molecule has 7 heteroatoms. The fraction of sp³-hybridized carbons (Fsp3) is 0.150. The average molecular weight is 384 g/mol. The number of hydrogen-bond acceptors (Lipinski definition) is 4. The second kappa shape index (κ2) is 8.20. The number of nitrogens with zero attached hydrogens (tertiary/aromatic N) is 1. The van der Waals surface area contributed by atoms with E-state index in [1.54, 1.807) is 37.6 Å². The van der Waals surface area contributed by atoms with Crippen LogP contribution in [0.15, 0.2) is 82.3 Å². The summed E-state index contributed by atoms with van der Waals surface area (Å²) in [7, 11) is -2.09. The lowest BCUT2D eigenvalue weighted by atomic mass is 10.2. The molecule has 0 bridgehead atoms. The zero-order chi connectivity index (χ0) is 19.3. The third-order valence-corrected chi connectivity index (χ3v) is 5.42. The summed E-state index contributed by atoms with van der Waals surface area (Å²) in [5.41, 5.74) is 1.15. The molecule has 0 radical (unpaired) electrons. The first-order chi connectivity index (χ1) is 13.0. The molecule has 1 heterocycles. The Kier molecular flexibility index (Phi) is 5.73. The molecule has 0 spiro atoms. The quantitative estimate of drug-likeness (QED) is 0.679. The number of benzene rings is 2. The molecule has 0 aliphatic carbocycles. The van der Waals surface area contributed by atoms with E-state index in [4.69, 9.17) is 4.42 Å². The second-order valence-corrected chi connectivity index (χ2v) is 7.85. The Balaban J connectivity index is 1.72. The van der Waals surface area contributed by atoms with Crippen molar-refractivity contribution in [3.8, 4) is 0 Å². The third-order valence-electron chi connectivity index (χ3n) is 4.02. The molecule has 1 N–H and O–H groups in total. The highest BCUT2D eigenvalue weighted by Gasteiger charge is 2.18. The first kappa shape index (κ1) is 18.9. The molecular formula is C20H20N2O4S. The van der Waals surface area contributed by atoms with Crippen LogP contribution in [0.25, 0.3) is 0 Å². The van der Waals surface area contributed by atoms with E-state index in [-0.39, 0.29) is 17.3 Å². The summed E-state index contributed by atoms with van der Waals surface area (Å²) in [6, 6.07) is 18.8. The molecule has 2 aromatic carbocycles. The molecule has 140 valence electrons. The summed E-state index contributed by atoms with van der Waals surface area (Å²) in [6.45, 7) is 0.481. The number of hydrogen-bond donors (Lipinski definition) is 1. The van der Waals surface area contributed by atoms with Crippen molar-refractivity contribution in [2.75, 3.05) is 7.05 Å². The van der Waals surface area contributed by atoms with Crippen molar-refractivity contribution < 1.29 is 17.6 Å². The molecule has 0 aliphatic rings. The molecule has 3 aromatic rings. The summed E-state index contributed by atoms with van der Waals surface area (Å²) in [5.74, 6) is 0.366. The first-order valence-corrected chi connectivity index (χ1v) is 9.85. The van der Waals surface area contributed by atoms with Gasteiger partial charge in [0.15, 0.2) is 0 Å². The van der Waals surface area contributed by atoms with Crippen molar-refractivity contribution in [3.63, 3.8) is 0 Å². The van der Waals surface area contributed by atoms with E-state index in [0.29, 0.717) is 17.9 Å². The van der Waals surface area contributed by atoms with Gasteiger partial charge >= 0.3 is 0 Å². The number of furan rings is 1. The van der Waals surface area contributed by atoms with Crippen molar-refractivity contribution in [1.29, 1.82) is 0 Å². The maximum atomic E-state index is 12.6. The maximum Gasteiger partial charge on any atom is 0.254 e. The van der Waals surface area contributed by atoms with Crippen LogP contribution in [-0.2, 0) is 23.1 Å². The van der Waals surface area contributed by atoms with Gasteiger partial charge in [0, 0.05) is 19.2 Å². The lowest BCUT2D eigenvalue weighted by molar-refractivity contribution is 0.0775. The van der Waals surface area contributed by atoms with Gasteiger partial charge in [0.2, 0.25) is 10.0 Å². The van der Waals surface area contributed by atoms with Crippen LogP contribution in [-0.4, -0.2) is 26.3 Å². The summed E-state index contributed by atoms with van der Waals surface area (Å²) < 4.78 is 32.9. The average Bonchev–Trinajstić information content (AvgIpc) is 3.20. The van der Waals surface area contributed by atoms with E-state index in [1.165, 1.54) is 17.0 Å². The second-order valence-electron chi connectivity index (χ2n) is 6.08. The molecule has 3 rings (SSSR count). The first-order valence-electron chi connectivity index (χ1n) is 8.37. The van der Waals surface area contributed by atoms with Crippen LogP contribution in [0.1, 0.15) is 21.7 Å². The number of rotatable bonds is 7. The summed E-state index contributed by atoms with van der Waals surface area (Å²) in [5, 5.41) is 0. The van der Waals surface area contributed by atoms with E-state index in [2.05, 4.69) is 4.72 Å². The Morgan fingerprint density at radius 1 is 1.04 bits per heavy atom. The van der Waals surface area contributed by atoms with Crippen molar-refractivity contribution in [2.24, 2.45) is 0 Å². The minimum Gasteiger partial charge on any atom is -0.467 e. The molecule has 0 unspecified atom stereocenters. The highest BCUT2D eigenvalue weighted by Crippen LogP contribution is 2.15. The predicted molar refractivity (Wildman–Crippen MR) is 101 cm³/mol. The number of amides is 1. The molecule has 0 saturated carbocycles. The van der Waals surface area contributed by atoms with Gasteiger partial charge in [-0.15, -0.1) is 0 Å². The minimum atomic E-state index is -3.73. The third kappa shape index (κ3) is 4.84.